The lowest BCUT2D eigenvalue weighted by molar-refractivity contribution is -0.118. The van der Waals surface area contributed by atoms with Crippen molar-refractivity contribution in [3.8, 4) is 0 Å². The van der Waals surface area contributed by atoms with E-state index in [-0.39, 0.29) is 30.6 Å². The second-order valence-electron chi connectivity index (χ2n) is 6.22. The highest BCUT2D eigenvalue weighted by atomic mass is 16.5. The average molecular weight is 381 g/mol. The Morgan fingerprint density at radius 2 is 1.79 bits per heavy atom. The molecule has 3 rings (SSSR count). The first-order valence-corrected chi connectivity index (χ1v) is 8.67. The van der Waals surface area contributed by atoms with E-state index in [1.54, 1.807) is 36.4 Å². The molecule has 1 atom stereocenters. The highest BCUT2D eigenvalue weighted by Gasteiger charge is 2.27. The molecule has 8 nitrogen and oxygen atoms in total. The Labute approximate surface area is 161 Å². The number of amides is 3. The number of ether oxygens (including phenoxy) is 1. The summed E-state index contributed by atoms with van der Waals surface area (Å²) in [5.74, 6) is -1.50. The molecule has 0 aromatic heterocycles. The van der Waals surface area contributed by atoms with Crippen molar-refractivity contribution in [1.29, 1.82) is 0 Å². The van der Waals surface area contributed by atoms with Gasteiger partial charge in [0.2, 0.25) is 11.8 Å². The van der Waals surface area contributed by atoms with Crippen molar-refractivity contribution >= 4 is 35.1 Å². The molecule has 0 fully saturated rings. The number of para-hydroxylation sites is 1. The smallest absolute Gasteiger partial charge is 0.337 e. The summed E-state index contributed by atoms with van der Waals surface area (Å²) >= 11 is 0. The van der Waals surface area contributed by atoms with E-state index in [2.05, 4.69) is 20.7 Å². The quantitative estimate of drug-likeness (QED) is 0.685. The molecule has 0 bridgehead atoms. The van der Waals surface area contributed by atoms with Crippen LogP contribution in [0.2, 0.25) is 0 Å². The largest absolute Gasteiger partial charge is 0.465 e. The number of benzene rings is 2. The van der Waals surface area contributed by atoms with Gasteiger partial charge < -0.3 is 20.7 Å². The Bertz CT molecular complexity index is 924. The molecular formula is C20H19N3O5. The Balaban J connectivity index is 1.56. The molecule has 0 aliphatic carbocycles. The van der Waals surface area contributed by atoms with Crippen LogP contribution in [0, 0.1) is 0 Å². The normalized spacial score (nSPS) is 15.5. The summed E-state index contributed by atoms with van der Waals surface area (Å²) in [4.78, 5) is 48.2. The van der Waals surface area contributed by atoms with Crippen molar-refractivity contribution in [2.45, 2.75) is 18.9 Å². The number of methoxy groups -OCH3 is 1. The van der Waals surface area contributed by atoms with Gasteiger partial charge in [-0.3, -0.25) is 14.4 Å². The number of esters is 1. The maximum Gasteiger partial charge on any atom is 0.337 e. The van der Waals surface area contributed by atoms with E-state index < -0.39 is 12.0 Å². The van der Waals surface area contributed by atoms with Crippen molar-refractivity contribution in [2.75, 3.05) is 17.7 Å². The highest BCUT2D eigenvalue weighted by Crippen LogP contribution is 2.19. The van der Waals surface area contributed by atoms with Crippen LogP contribution in [-0.2, 0) is 14.3 Å². The fourth-order valence-electron chi connectivity index (χ4n) is 2.82. The van der Waals surface area contributed by atoms with E-state index >= 15 is 0 Å². The first-order chi connectivity index (χ1) is 13.5. The van der Waals surface area contributed by atoms with E-state index in [0.717, 1.165) is 0 Å². The minimum atomic E-state index is -0.813. The molecule has 8 heteroatoms. The van der Waals surface area contributed by atoms with Crippen molar-refractivity contribution in [1.82, 2.24) is 5.32 Å². The SMILES string of the molecule is COC(=O)c1ccc(NC(=O)CCC2NC(=O)c3ccccc3NC2=O)cc1. The van der Waals surface area contributed by atoms with E-state index in [0.29, 0.717) is 22.5 Å². The second kappa shape index (κ2) is 8.34. The Hall–Kier alpha value is -3.68. The van der Waals surface area contributed by atoms with E-state index in [1.165, 1.54) is 19.2 Å². The maximum atomic E-state index is 12.3. The topological polar surface area (TPSA) is 114 Å². The summed E-state index contributed by atoms with van der Waals surface area (Å²) in [6.07, 6.45) is 0.186. The molecule has 2 aromatic carbocycles. The zero-order valence-electron chi connectivity index (χ0n) is 15.2. The van der Waals surface area contributed by atoms with Gasteiger partial charge in [0.05, 0.1) is 23.9 Å². The monoisotopic (exact) mass is 381 g/mol. The van der Waals surface area contributed by atoms with Crippen LogP contribution < -0.4 is 16.0 Å². The summed E-state index contributed by atoms with van der Waals surface area (Å²) in [5, 5.41) is 8.04. The van der Waals surface area contributed by atoms with Gasteiger partial charge in [-0.25, -0.2) is 4.79 Å². The standard InChI is InChI=1S/C20H19N3O5/c1-28-20(27)12-6-8-13(9-7-12)21-17(24)11-10-16-19(26)22-15-5-3-2-4-14(15)18(25)23-16/h2-9,16H,10-11H2,1H3,(H,21,24)(H,22,26)(H,23,25). The lowest BCUT2D eigenvalue weighted by Crippen LogP contribution is -2.41. The summed E-state index contributed by atoms with van der Waals surface area (Å²) in [7, 11) is 1.29. The number of hydrogen-bond donors (Lipinski definition) is 3. The highest BCUT2D eigenvalue weighted by molar-refractivity contribution is 6.10. The summed E-state index contributed by atoms with van der Waals surface area (Å²) in [6, 6.07) is 12.2. The van der Waals surface area contributed by atoms with E-state index in [9.17, 15) is 19.2 Å². The van der Waals surface area contributed by atoms with Gasteiger partial charge >= 0.3 is 5.97 Å². The number of hydrogen-bond acceptors (Lipinski definition) is 5. The summed E-state index contributed by atoms with van der Waals surface area (Å²) in [6.45, 7) is 0. The molecule has 1 unspecified atom stereocenters. The first-order valence-electron chi connectivity index (χ1n) is 8.67. The minimum absolute atomic E-state index is 0.0352. The fourth-order valence-corrected chi connectivity index (χ4v) is 2.82. The molecule has 3 N–H and O–H groups in total. The van der Waals surface area contributed by atoms with E-state index in [4.69, 9.17) is 0 Å². The summed E-state index contributed by atoms with van der Waals surface area (Å²) in [5.41, 5.74) is 1.72. The van der Waals surface area contributed by atoms with Gasteiger partial charge in [-0.05, 0) is 42.8 Å². The number of carbonyl (C=O) groups is 4. The Kier molecular flexibility index (Phi) is 5.69. The van der Waals surface area contributed by atoms with E-state index in [1.807, 2.05) is 0 Å². The van der Waals surface area contributed by atoms with Crippen LogP contribution in [0.15, 0.2) is 48.5 Å². The van der Waals surface area contributed by atoms with Crippen molar-refractivity contribution in [2.24, 2.45) is 0 Å². The van der Waals surface area contributed by atoms with Crippen molar-refractivity contribution in [3.63, 3.8) is 0 Å². The third kappa shape index (κ3) is 4.35. The molecule has 0 radical (unpaired) electrons. The Morgan fingerprint density at radius 1 is 1.07 bits per heavy atom. The van der Waals surface area contributed by atoms with Gasteiger partial charge in [0, 0.05) is 12.1 Å². The lowest BCUT2D eigenvalue weighted by atomic mass is 10.1. The fraction of sp³-hybridized carbons (Fsp3) is 0.200. The maximum absolute atomic E-state index is 12.3. The zero-order chi connectivity index (χ0) is 20.1. The molecule has 0 saturated carbocycles. The molecule has 1 heterocycles. The third-order valence-corrected chi connectivity index (χ3v) is 4.30. The number of nitrogens with one attached hydrogen (secondary N) is 3. The molecule has 0 saturated heterocycles. The van der Waals surface area contributed by atoms with Gasteiger partial charge in [0.25, 0.3) is 5.91 Å². The molecule has 1 aliphatic rings. The molecule has 1 aliphatic heterocycles. The molecule has 28 heavy (non-hydrogen) atoms. The summed E-state index contributed by atoms with van der Waals surface area (Å²) < 4.78 is 4.62. The lowest BCUT2D eigenvalue weighted by Gasteiger charge is -2.14. The first kappa shape index (κ1) is 19.1. The predicted molar refractivity (Wildman–Crippen MR) is 102 cm³/mol. The van der Waals surface area contributed by atoms with Crippen LogP contribution in [0.5, 0.6) is 0 Å². The number of fused-ring (bicyclic) bond motifs is 1. The van der Waals surface area contributed by atoms with Gasteiger partial charge in [-0.15, -0.1) is 0 Å². The molecule has 2 aromatic rings. The third-order valence-electron chi connectivity index (χ3n) is 4.30. The van der Waals surface area contributed by atoms with Crippen LogP contribution in [0.3, 0.4) is 0 Å². The predicted octanol–water partition coefficient (Wildman–Crippen LogP) is 1.94. The van der Waals surface area contributed by atoms with Gasteiger partial charge in [-0.1, -0.05) is 12.1 Å². The van der Waals surface area contributed by atoms with Crippen LogP contribution in [0.25, 0.3) is 0 Å². The molecular weight excluding hydrogens is 362 g/mol. The van der Waals surface area contributed by atoms with Crippen molar-refractivity contribution in [3.05, 3.63) is 59.7 Å². The molecule has 0 spiro atoms. The minimum Gasteiger partial charge on any atom is -0.465 e. The average Bonchev–Trinajstić information content (AvgIpc) is 2.82. The number of anilines is 2. The van der Waals surface area contributed by atoms with Crippen LogP contribution in [-0.4, -0.2) is 36.8 Å². The van der Waals surface area contributed by atoms with Crippen LogP contribution in [0.1, 0.15) is 33.6 Å². The van der Waals surface area contributed by atoms with Crippen molar-refractivity contribution < 1.29 is 23.9 Å². The van der Waals surface area contributed by atoms with Gasteiger partial charge in [-0.2, -0.15) is 0 Å². The number of rotatable bonds is 5. The molecule has 3 amide bonds. The number of carbonyl (C=O) groups excluding carboxylic acids is 4. The zero-order valence-corrected chi connectivity index (χ0v) is 15.2. The van der Waals surface area contributed by atoms with Gasteiger partial charge in [0.1, 0.15) is 6.04 Å². The van der Waals surface area contributed by atoms with Crippen LogP contribution >= 0.6 is 0 Å². The Morgan fingerprint density at radius 3 is 2.50 bits per heavy atom. The van der Waals surface area contributed by atoms with Crippen LogP contribution in [0.4, 0.5) is 11.4 Å². The second-order valence-corrected chi connectivity index (χ2v) is 6.22. The molecule has 144 valence electrons. The van der Waals surface area contributed by atoms with Gasteiger partial charge in [0.15, 0.2) is 0 Å².